The van der Waals surface area contributed by atoms with Gasteiger partial charge in [-0.1, -0.05) is 0 Å². The molecule has 0 aliphatic rings. The zero-order valence-electron chi connectivity index (χ0n) is 28.5. The summed E-state index contributed by atoms with van der Waals surface area (Å²) in [5.74, 6) is -14.2. The number of hydrogen-bond donors (Lipinski definition) is 1. The standard InChI is InChI=1S/C31H40F5N3O14/c32-26-27(33)29(35)31(30(36)28(26)34)53-25(40)3-5-45-7-9-47-11-13-49-15-17-51-19-20-52-18-16-50-14-12-48-10-8-46-6-4-37-23-2-1-22(38(41)42)21-24(23)39(43)44/h1-2,21,37H,3-20H2. The minimum atomic E-state index is -2.36. The smallest absolute Gasteiger partial charge is 0.313 e. The first kappa shape index (κ1) is 45.0. The van der Waals surface area contributed by atoms with Crippen LogP contribution in [0.2, 0.25) is 0 Å². The van der Waals surface area contributed by atoms with Gasteiger partial charge in [0.15, 0.2) is 0 Å². The summed E-state index contributed by atoms with van der Waals surface area (Å²) >= 11 is 0. The zero-order valence-corrected chi connectivity index (χ0v) is 28.5. The molecule has 22 heteroatoms. The Morgan fingerprint density at radius 3 is 1.32 bits per heavy atom. The fourth-order valence-electron chi connectivity index (χ4n) is 3.83. The average Bonchev–Trinajstić information content (AvgIpc) is 3.14. The summed E-state index contributed by atoms with van der Waals surface area (Å²) < 4.78 is 113. The van der Waals surface area contributed by atoms with E-state index in [1.165, 1.54) is 12.1 Å². The second kappa shape index (κ2) is 26.6. The Morgan fingerprint density at radius 2 is 0.925 bits per heavy atom. The number of nitro benzene ring substituents is 2. The van der Waals surface area contributed by atoms with E-state index in [2.05, 4.69) is 10.1 Å². The van der Waals surface area contributed by atoms with Gasteiger partial charge in [-0.25, -0.2) is 13.2 Å². The van der Waals surface area contributed by atoms with Gasteiger partial charge < -0.3 is 47.9 Å². The number of anilines is 1. The van der Waals surface area contributed by atoms with Gasteiger partial charge in [0.05, 0.1) is 128 Å². The lowest BCUT2D eigenvalue weighted by Gasteiger charge is -2.09. The summed E-state index contributed by atoms with van der Waals surface area (Å²) in [5, 5.41) is 24.7. The Hall–Kier alpha value is -4.16. The van der Waals surface area contributed by atoms with E-state index < -0.39 is 62.8 Å². The predicted molar refractivity (Wildman–Crippen MR) is 171 cm³/mol. The van der Waals surface area contributed by atoms with Gasteiger partial charge in [-0.15, -0.1) is 0 Å². The summed E-state index contributed by atoms with van der Waals surface area (Å²) in [6, 6.07) is 3.35. The molecule has 0 heterocycles. The molecule has 2 aromatic carbocycles. The maximum atomic E-state index is 13.5. The van der Waals surface area contributed by atoms with Crippen molar-refractivity contribution < 1.29 is 79.2 Å². The number of carbonyl (C=O) groups excluding carboxylic acids is 1. The number of esters is 1. The third-order valence-corrected chi connectivity index (χ3v) is 6.39. The number of hydrogen-bond acceptors (Lipinski definition) is 15. The highest BCUT2D eigenvalue weighted by Crippen LogP contribution is 2.30. The fraction of sp³-hybridized carbons (Fsp3) is 0.581. The van der Waals surface area contributed by atoms with Gasteiger partial charge in [0.25, 0.3) is 11.4 Å². The summed E-state index contributed by atoms with van der Waals surface area (Å²) in [6.07, 6.45) is -0.505. The molecule has 298 valence electrons. The molecule has 0 aliphatic carbocycles. The van der Waals surface area contributed by atoms with Crippen molar-refractivity contribution in [2.24, 2.45) is 0 Å². The van der Waals surface area contributed by atoms with Crippen molar-refractivity contribution >= 4 is 23.0 Å². The molecular formula is C31H40F5N3O14. The number of benzene rings is 2. The van der Waals surface area contributed by atoms with Crippen molar-refractivity contribution in [1.82, 2.24) is 0 Å². The molecule has 0 saturated heterocycles. The zero-order chi connectivity index (χ0) is 38.8. The lowest BCUT2D eigenvalue weighted by molar-refractivity contribution is -0.393. The average molecular weight is 774 g/mol. The van der Waals surface area contributed by atoms with E-state index in [1.54, 1.807) is 0 Å². The lowest BCUT2D eigenvalue weighted by Crippen LogP contribution is -2.16. The highest BCUT2D eigenvalue weighted by Gasteiger charge is 2.28. The van der Waals surface area contributed by atoms with Gasteiger partial charge in [0, 0.05) is 12.6 Å². The highest BCUT2D eigenvalue weighted by atomic mass is 19.2. The summed E-state index contributed by atoms with van der Waals surface area (Å²) in [6.45, 7) is 4.41. The summed E-state index contributed by atoms with van der Waals surface area (Å²) in [7, 11) is 0. The van der Waals surface area contributed by atoms with E-state index in [4.69, 9.17) is 37.9 Å². The van der Waals surface area contributed by atoms with Gasteiger partial charge in [0.1, 0.15) is 5.69 Å². The first-order valence-corrected chi connectivity index (χ1v) is 16.0. The van der Waals surface area contributed by atoms with Gasteiger partial charge in [0.2, 0.25) is 34.8 Å². The fourth-order valence-corrected chi connectivity index (χ4v) is 3.83. The third-order valence-electron chi connectivity index (χ3n) is 6.39. The molecule has 0 saturated carbocycles. The van der Waals surface area contributed by atoms with Crippen LogP contribution < -0.4 is 10.1 Å². The van der Waals surface area contributed by atoms with Gasteiger partial charge in [-0.05, 0) is 6.07 Å². The van der Waals surface area contributed by atoms with E-state index in [0.717, 1.165) is 6.07 Å². The van der Waals surface area contributed by atoms with E-state index in [-0.39, 0.29) is 57.6 Å². The normalized spacial score (nSPS) is 11.2. The number of nitrogens with one attached hydrogen (secondary N) is 1. The summed E-state index contributed by atoms with van der Waals surface area (Å²) in [4.78, 5) is 32.2. The molecule has 0 aromatic heterocycles. The van der Waals surface area contributed by atoms with Crippen LogP contribution in [0.4, 0.5) is 39.0 Å². The van der Waals surface area contributed by atoms with Crippen LogP contribution in [-0.2, 0) is 42.7 Å². The SMILES string of the molecule is O=C(CCOCCOCCOCCOCCOCCOCCOCCOCCNc1ccc([N+](=O)[O-])cc1[N+](=O)[O-])Oc1c(F)c(F)c(F)c(F)c1F. The van der Waals surface area contributed by atoms with Crippen LogP contribution in [0, 0.1) is 49.3 Å². The molecule has 0 radical (unpaired) electrons. The van der Waals surface area contributed by atoms with Crippen molar-refractivity contribution in [3.05, 3.63) is 67.5 Å². The van der Waals surface area contributed by atoms with Crippen molar-refractivity contribution in [1.29, 1.82) is 0 Å². The second-order valence-electron chi connectivity index (χ2n) is 10.2. The Kier molecular flexibility index (Phi) is 22.6. The molecule has 53 heavy (non-hydrogen) atoms. The topological polar surface area (TPSA) is 198 Å². The van der Waals surface area contributed by atoms with Crippen LogP contribution in [0.15, 0.2) is 18.2 Å². The van der Waals surface area contributed by atoms with Crippen molar-refractivity contribution in [2.45, 2.75) is 6.42 Å². The monoisotopic (exact) mass is 773 g/mol. The molecule has 2 aromatic rings. The van der Waals surface area contributed by atoms with Gasteiger partial charge in [-0.2, -0.15) is 8.78 Å². The minimum Gasteiger partial charge on any atom is -0.420 e. The van der Waals surface area contributed by atoms with Crippen LogP contribution in [-0.4, -0.2) is 128 Å². The third kappa shape index (κ3) is 17.9. The predicted octanol–water partition coefficient (Wildman–Crippen LogP) is 3.74. The maximum Gasteiger partial charge on any atom is 0.313 e. The molecule has 0 spiro atoms. The van der Waals surface area contributed by atoms with Crippen molar-refractivity contribution in [3.63, 3.8) is 0 Å². The number of nitro groups is 2. The summed E-state index contributed by atoms with van der Waals surface area (Å²) in [5.41, 5.74) is -0.610. The van der Waals surface area contributed by atoms with E-state index in [1.807, 2.05) is 0 Å². The Labute approximate surface area is 299 Å². The number of non-ortho nitro benzene ring substituents is 1. The lowest BCUT2D eigenvalue weighted by atomic mass is 10.2. The van der Waals surface area contributed by atoms with E-state index in [9.17, 15) is 47.0 Å². The molecule has 17 nitrogen and oxygen atoms in total. The van der Waals surface area contributed by atoms with Gasteiger partial charge in [-0.3, -0.25) is 25.0 Å². The number of rotatable bonds is 31. The van der Waals surface area contributed by atoms with Crippen LogP contribution in [0.3, 0.4) is 0 Å². The van der Waals surface area contributed by atoms with Crippen LogP contribution in [0.1, 0.15) is 6.42 Å². The molecule has 0 bridgehead atoms. The van der Waals surface area contributed by atoms with E-state index >= 15 is 0 Å². The molecule has 0 atom stereocenters. The Morgan fingerprint density at radius 1 is 0.547 bits per heavy atom. The highest BCUT2D eigenvalue weighted by molar-refractivity contribution is 5.72. The molecule has 1 N–H and O–H groups in total. The molecule has 0 unspecified atom stereocenters. The molecular weight excluding hydrogens is 733 g/mol. The maximum absolute atomic E-state index is 13.5. The molecule has 0 aliphatic heterocycles. The number of ether oxygens (including phenoxy) is 9. The Bertz CT molecular complexity index is 1400. The van der Waals surface area contributed by atoms with Crippen LogP contribution in [0.25, 0.3) is 0 Å². The van der Waals surface area contributed by atoms with Crippen molar-refractivity contribution in [2.75, 3.05) is 118 Å². The first-order chi connectivity index (χ1) is 25.5. The number of halogens is 5. The van der Waals surface area contributed by atoms with Crippen molar-refractivity contribution in [3.8, 4) is 5.75 Å². The number of carbonyl (C=O) groups is 1. The van der Waals surface area contributed by atoms with Crippen LogP contribution >= 0.6 is 0 Å². The molecule has 0 amide bonds. The Balaban J connectivity index is 1.28. The quantitative estimate of drug-likeness (QED) is 0.0170. The number of nitrogens with zero attached hydrogens (tertiary/aromatic N) is 2. The molecule has 2 rings (SSSR count). The molecule has 0 fully saturated rings. The largest absolute Gasteiger partial charge is 0.420 e. The minimum absolute atomic E-state index is 0.0583. The van der Waals surface area contributed by atoms with Crippen LogP contribution in [0.5, 0.6) is 5.75 Å². The van der Waals surface area contributed by atoms with E-state index in [0.29, 0.717) is 66.1 Å². The first-order valence-electron chi connectivity index (χ1n) is 16.0. The second-order valence-corrected chi connectivity index (χ2v) is 10.2. The van der Waals surface area contributed by atoms with Gasteiger partial charge >= 0.3 is 5.97 Å².